The van der Waals surface area contributed by atoms with Gasteiger partial charge in [-0.15, -0.1) is 0 Å². The predicted molar refractivity (Wildman–Crippen MR) is 48.0 cm³/mol. The second-order valence-electron chi connectivity index (χ2n) is 3.69. The molecule has 0 aromatic carbocycles. The fourth-order valence-electron chi connectivity index (χ4n) is 1.78. The van der Waals surface area contributed by atoms with Gasteiger partial charge in [-0.05, 0) is 6.42 Å². The Morgan fingerprint density at radius 3 is 2.54 bits per heavy atom. The molecule has 0 aromatic heterocycles. The van der Waals surface area contributed by atoms with E-state index in [-0.39, 0.29) is 4.48 Å². The van der Waals surface area contributed by atoms with Crippen LogP contribution in [0.5, 0.6) is 0 Å². The summed E-state index contributed by atoms with van der Waals surface area (Å²) in [5.41, 5.74) is 0. The molecule has 1 N–H and O–H groups in total. The molecule has 0 unspecified atom stereocenters. The lowest BCUT2D eigenvalue weighted by molar-refractivity contribution is -0.878. The van der Waals surface area contributed by atoms with E-state index in [1.807, 2.05) is 0 Å². The van der Waals surface area contributed by atoms with E-state index in [1.54, 1.807) is 0 Å². The summed E-state index contributed by atoms with van der Waals surface area (Å²) in [6.07, 6.45) is 1.10. The molecule has 1 amide bonds. The highest BCUT2D eigenvalue weighted by Crippen LogP contribution is 2.10. The van der Waals surface area contributed by atoms with Gasteiger partial charge in [-0.1, -0.05) is 13.3 Å². The van der Waals surface area contributed by atoms with Crippen LogP contribution in [0.2, 0.25) is 0 Å². The molecule has 0 aromatic rings. The maximum atomic E-state index is 11.0. The monoisotopic (exact) mass is 186 g/mol. The highest BCUT2D eigenvalue weighted by molar-refractivity contribution is 5.54. The summed E-state index contributed by atoms with van der Waals surface area (Å²) in [5, 5.41) is 14.2. The Kier molecular flexibility index (Phi) is 3.69. The number of carboxylic acid groups (broad SMARTS) is 1. The molecule has 0 aliphatic carbocycles. The number of nitrogens with one attached hydrogen (secondary N) is 1. The summed E-state index contributed by atoms with van der Waals surface area (Å²) in [6, 6.07) is 0. The van der Waals surface area contributed by atoms with E-state index in [1.165, 1.54) is 0 Å². The number of carbonyl (C=O) groups excluding carboxylic acids is 1. The van der Waals surface area contributed by atoms with Crippen molar-refractivity contribution in [2.45, 2.75) is 19.8 Å². The minimum atomic E-state index is -0.907. The summed E-state index contributed by atoms with van der Waals surface area (Å²) in [5.74, 6) is 0. The van der Waals surface area contributed by atoms with Gasteiger partial charge < -0.3 is 15.2 Å². The van der Waals surface area contributed by atoms with E-state index in [0.29, 0.717) is 13.1 Å². The van der Waals surface area contributed by atoms with Gasteiger partial charge in [0.1, 0.15) is 0 Å². The normalized spacial score (nSPS) is 21.3. The Labute approximate surface area is 79.1 Å². The third-order valence-corrected chi connectivity index (χ3v) is 2.76. The van der Waals surface area contributed by atoms with Gasteiger partial charge in [0.2, 0.25) is 0 Å². The lowest BCUT2D eigenvalue weighted by atomic mass is 10.2. The van der Waals surface area contributed by atoms with Gasteiger partial charge in [0.15, 0.2) is 0 Å². The number of quaternary nitrogens is 1. The van der Waals surface area contributed by atoms with Crippen LogP contribution in [-0.2, 0) is 0 Å². The highest BCUT2D eigenvalue weighted by atomic mass is 16.4. The Bertz CT molecular complexity index is 176. The van der Waals surface area contributed by atoms with E-state index < -0.39 is 6.09 Å². The van der Waals surface area contributed by atoms with Crippen LogP contribution in [0.15, 0.2) is 0 Å². The van der Waals surface area contributed by atoms with Crippen LogP contribution in [0.1, 0.15) is 19.8 Å². The van der Waals surface area contributed by atoms with Gasteiger partial charge in [0.05, 0.1) is 19.6 Å². The average molecular weight is 186 g/mol. The Hall–Kier alpha value is -0.610. The minimum absolute atomic E-state index is 0.154. The van der Waals surface area contributed by atoms with Gasteiger partial charge in [0, 0.05) is 13.1 Å². The molecule has 76 valence electrons. The van der Waals surface area contributed by atoms with Crippen molar-refractivity contribution in [3.8, 4) is 0 Å². The highest BCUT2D eigenvalue weighted by Gasteiger charge is 2.31. The lowest BCUT2D eigenvalue weighted by Crippen LogP contribution is -2.65. The van der Waals surface area contributed by atoms with Gasteiger partial charge in [-0.25, -0.2) is 0 Å². The summed E-state index contributed by atoms with van der Waals surface area (Å²) >= 11 is 0. The molecule has 0 saturated carbocycles. The second-order valence-corrected chi connectivity index (χ2v) is 3.69. The largest absolute Gasteiger partial charge is 0.498 e. The van der Waals surface area contributed by atoms with E-state index in [4.69, 9.17) is 0 Å². The maximum absolute atomic E-state index is 11.0. The van der Waals surface area contributed by atoms with Gasteiger partial charge in [-0.2, -0.15) is 0 Å². The summed E-state index contributed by atoms with van der Waals surface area (Å²) in [6.45, 7) is 5.72. The van der Waals surface area contributed by atoms with Gasteiger partial charge in [0.25, 0.3) is 6.09 Å². The average Bonchev–Trinajstić information content (AvgIpc) is 2.16. The van der Waals surface area contributed by atoms with Crippen molar-refractivity contribution in [1.29, 1.82) is 0 Å². The molecule has 0 spiro atoms. The molecule has 0 bridgehead atoms. The summed E-state index contributed by atoms with van der Waals surface area (Å²) in [7, 11) is 0. The third-order valence-electron chi connectivity index (χ3n) is 2.76. The molecule has 4 heteroatoms. The van der Waals surface area contributed by atoms with Crippen LogP contribution in [0, 0.1) is 0 Å². The van der Waals surface area contributed by atoms with Gasteiger partial charge in [-0.3, -0.25) is 4.48 Å². The number of nitrogens with zero attached hydrogens (tertiary/aromatic N) is 1. The van der Waals surface area contributed by atoms with Crippen molar-refractivity contribution in [1.82, 2.24) is 5.32 Å². The van der Waals surface area contributed by atoms with Crippen LogP contribution in [-0.4, -0.2) is 43.3 Å². The predicted octanol–water partition coefficient (Wildman–Crippen LogP) is -0.450. The minimum Gasteiger partial charge on any atom is -0.498 e. The number of hydrogen-bond acceptors (Lipinski definition) is 3. The lowest BCUT2D eigenvalue weighted by Gasteiger charge is -2.40. The molecule has 1 aliphatic heterocycles. The first kappa shape index (κ1) is 10.5. The zero-order valence-electron chi connectivity index (χ0n) is 8.21. The Balaban J connectivity index is 2.56. The van der Waals surface area contributed by atoms with Gasteiger partial charge >= 0.3 is 0 Å². The van der Waals surface area contributed by atoms with E-state index in [0.717, 1.165) is 32.5 Å². The van der Waals surface area contributed by atoms with Crippen LogP contribution in [0.3, 0.4) is 0 Å². The van der Waals surface area contributed by atoms with Crippen molar-refractivity contribution in [2.24, 2.45) is 0 Å². The van der Waals surface area contributed by atoms with Crippen LogP contribution in [0.4, 0.5) is 4.79 Å². The molecule has 1 fully saturated rings. The Morgan fingerprint density at radius 1 is 1.46 bits per heavy atom. The van der Waals surface area contributed by atoms with Crippen LogP contribution < -0.4 is 10.4 Å². The number of rotatable bonds is 3. The standard InChI is InChI=1S/C9H18N2O2/c1-2-3-6-11(9(12)13)7-4-10-5-8-11/h10H,2-8H2,1H3. The summed E-state index contributed by atoms with van der Waals surface area (Å²) < 4.78 is 0.154. The number of carbonyl (C=O) groups is 1. The zero-order valence-corrected chi connectivity index (χ0v) is 8.21. The van der Waals surface area contributed by atoms with Crippen molar-refractivity contribution >= 4 is 6.09 Å². The molecular weight excluding hydrogens is 168 g/mol. The second kappa shape index (κ2) is 4.58. The smallest absolute Gasteiger partial charge is 0.257 e. The zero-order chi connectivity index (χ0) is 9.73. The molecular formula is C9H18N2O2. The van der Waals surface area contributed by atoms with Crippen molar-refractivity contribution in [2.75, 3.05) is 32.7 Å². The molecule has 1 rings (SSSR count). The first-order valence-electron chi connectivity index (χ1n) is 4.99. The number of hydrogen-bond donors (Lipinski definition) is 1. The topological polar surface area (TPSA) is 52.2 Å². The van der Waals surface area contributed by atoms with Crippen molar-refractivity contribution in [3.63, 3.8) is 0 Å². The molecule has 13 heavy (non-hydrogen) atoms. The summed E-state index contributed by atoms with van der Waals surface area (Å²) in [4.78, 5) is 11.0. The fourth-order valence-corrected chi connectivity index (χ4v) is 1.78. The molecule has 1 aliphatic rings. The molecule has 4 nitrogen and oxygen atoms in total. The number of unbranched alkanes of at least 4 members (excludes halogenated alkanes) is 1. The number of amides is 1. The number of piperazine rings is 1. The fraction of sp³-hybridized carbons (Fsp3) is 0.889. The van der Waals surface area contributed by atoms with E-state index in [2.05, 4.69) is 12.2 Å². The van der Waals surface area contributed by atoms with Crippen molar-refractivity contribution in [3.05, 3.63) is 0 Å². The maximum Gasteiger partial charge on any atom is 0.257 e. The van der Waals surface area contributed by atoms with E-state index >= 15 is 0 Å². The van der Waals surface area contributed by atoms with Crippen LogP contribution >= 0.6 is 0 Å². The van der Waals surface area contributed by atoms with E-state index in [9.17, 15) is 9.90 Å². The Morgan fingerprint density at radius 2 is 2.08 bits per heavy atom. The molecule has 0 atom stereocenters. The first-order chi connectivity index (χ1) is 6.21. The molecule has 0 radical (unpaired) electrons. The molecule has 1 heterocycles. The quantitative estimate of drug-likeness (QED) is 0.607. The molecule has 1 saturated heterocycles. The van der Waals surface area contributed by atoms with Crippen molar-refractivity contribution < 1.29 is 14.4 Å². The van der Waals surface area contributed by atoms with Crippen LogP contribution in [0.25, 0.3) is 0 Å². The SMILES string of the molecule is CCCC[N+]1(C(=O)[O-])CCNCC1. The first-order valence-corrected chi connectivity index (χ1v) is 4.99. The third kappa shape index (κ3) is 2.42.